The van der Waals surface area contributed by atoms with E-state index in [0.717, 1.165) is 40.6 Å². The van der Waals surface area contributed by atoms with E-state index in [1.165, 1.54) is 99.6 Å². The number of rotatable bonds is 3. The summed E-state index contributed by atoms with van der Waals surface area (Å²) in [5, 5.41) is 8.83. The highest BCUT2D eigenvalue weighted by atomic mass is 16.3. The second-order valence-electron chi connectivity index (χ2n) is 20.2. The molecule has 62 heavy (non-hydrogen) atoms. The fourth-order valence-corrected chi connectivity index (χ4v) is 11.7. The molecule has 3 heterocycles. The summed E-state index contributed by atoms with van der Waals surface area (Å²) in [5.74, 6) is 0. The van der Waals surface area contributed by atoms with Gasteiger partial charge in [0.05, 0.1) is 5.52 Å². The Bertz CT molecular complexity index is 3610. The highest BCUT2D eigenvalue weighted by Crippen LogP contribution is 2.53. The number of fused-ring (bicyclic) bond motifs is 14. The van der Waals surface area contributed by atoms with Crippen molar-refractivity contribution in [3.63, 3.8) is 0 Å². The van der Waals surface area contributed by atoms with E-state index in [2.05, 4.69) is 204 Å². The summed E-state index contributed by atoms with van der Waals surface area (Å²) in [5.41, 5.74) is 25.0. The number of hydrogen-bond donors (Lipinski definition) is 1. The van der Waals surface area contributed by atoms with Crippen LogP contribution >= 0.6 is 0 Å². The summed E-state index contributed by atoms with van der Waals surface area (Å²) in [6.45, 7) is 16.4. The maximum Gasteiger partial charge on any atom is 0.198 e. The highest BCUT2D eigenvalue weighted by Gasteiger charge is 2.39. The van der Waals surface area contributed by atoms with Gasteiger partial charge in [0.25, 0.3) is 0 Å². The van der Waals surface area contributed by atoms with Gasteiger partial charge in [-0.3, -0.25) is 0 Å². The lowest BCUT2D eigenvalue weighted by atomic mass is 9.58. The van der Waals surface area contributed by atoms with Gasteiger partial charge < -0.3 is 14.3 Å². The van der Waals surface area contributed by atoms with Gasteiger partial charge in [0, 0.05) is 66.6 Å². The van der Waals surface area contributed by atoms with Crippen LogP contribution in [-0.4, -0.2) is 11.8 Å². The lowest BCUT2D eigenvalue weighted by Crippen LogP contribution is -2.38. The van der Waals surface area contributed by atoms with E-state index in [9.17, 15) is 0 Å². The zero-order chi connectivity index (χ0) is 42.0. The SMILES string of the molecule is CC(C)(C)c1ccc(Nc2cc3c(cc2-c2ccc4c5cc6c(cc5n5c4c2Bc2cc4c(cc2-5)-c2ccccc2C4(C)C)oc2ccccc26)-c2ccccc2C3(C)C)cc1. The van der Waals surface area contributed by atoms with Crippen molar-refractivity contribution in [2.75, 3.05) is 5.32 Å². The second-order valence-corrected chi connectivity index (χ2v) is 20.2. The number of anilines is 2. The molecule has 2 aromatic heterocycles. The van der Waals surface area contributed by atoms with Crippen LogP contribution in [0.1, 0.15) is 76.3 Å². The van der Waals surface area contributed by atoms with E-state index in [1.54, 1.807) is 0 Å². The van der Waals surface area contributed by atoms with E-state index in [1.807, 2.05) is 0 Å². The maximum atomic E-state index is 6.60. The molecule has 0 saturated carbocycles. The molecule has 8 aromatic carbocycles. The molecule has 13 rings (SSSR count). The Labute approximate surface area is 363 Å². The Balaban J connectivity index is 1.11. The van der Waals surface area contributed by atoms with Gasteiger partial charge >= 0.3 is 0 Å². The molecule has 298 valence electrons. The fraction of sp³-hybridized carbons (Fsp3) is 0.172. The predicted octanol–water partition coefficient (Wildman–Crippen LogP) is 13.7. The van der Waals surface area contributed by atoms with E-state index in [-0.39, 0.29) is 16.2 Å². The number of furan rings is 1. The molecule has 1 N–H and O–H groups in total. The summed E-state index contributed by atoms with van der Waals surface area (Å²) < 4.78 is 9.17. The lowest BCUT2D eigenvalue weighted by Gasteiger charge is -2.27. The molecule has 0 amide bonds. The van der Waals surface area contributed by atoms with Gasteiger partial charge in [-0.2, -0.15) is 0 Å². The van der Waals surface area contributed by atoms with Crippen LogP contribution in [0, 0.1) is 0 Å². The smallest absolute Gasteiger partial charge is 0.198 e. The van der Waals surface area contributed by atoms with Gasteiger partial charge in [0.1, 0.15) is 11.2 Å². The minimum atomic E-state index is -0.133. The maximum absolute atomic E-state index is 6.60. The predicted molar refractivity (Wildman–Crippen MR) is 263 cm³/mol. The molecule has 4 heteroatoms. The quantitative estimate of drug-likeness (QED) is 0.180. The molecule has 0 atom stereocenters. The van der Waals surface area contributed by atoms with Gasteiger partial charge in [-0.1, -0.05) is 151 Å². The number of benzene rings is 8. The topological polar surface area (TPSA) is 30.1 Å². The van der Waals surface area contributed by atoms with Crippen molar-refractivity contribution < 1.29 is 4.42 Å². The average Bonchev–Trinajstić information content (AvgIpc) is 3.93. The van der Waals surface area contributed by atoms with E-state index >= 15 is 0 Å². The van der Waals surface area contributed by atoms with Crippen molar-refractivity contribution in [3.05, 3.63) is 173 Å². The monoisotopic (exact) mass is 798 g/mol. The van der Waals surface area contributed by atoms with E-state index in [4.69, 9.17) is 4.42 Å². The van der Waals surface area contributed by atoms with Gasteiger partial charge in [-0.15, -0.1) is 0 Å². The van der Waals surface area contributed by atoms with Crippen LogP contribution in [0.25, 0.3) is 82.8 Å². The zero-order valence-corrected chi connectivity index (χ0v) is 36.4. The largest absolute Gasteiger partial charge is 0.456 e. The van der Waals surface area contributed by atoms with Crippen LogP contribution in [0.4, 0.5) is 11.4 Å². The third-order valence-corrected chi connectivity index (χ3v) is 15.0. The molecule has 0 radical (unpaired) electrons. The van der Waals surface area contributed by atoms with E-state index < -0.39 is 0 Å². The fourth-order valence-electron chi connectivity index (χ4n) is 11.7. The van der Waals surface area contributed by atoms with Gasteiger partial charge in [0.15, 0.2) is 7.28 Å². The number of hydrogen-bond acceptors (Lipinski definition) is 2. The molecule has 0 bridgehead atoms. The first-order valence-corrected chi connectivity index (χ1v) is 22.2. The van der Waals surface area contributed by atoms with Crippen LogP contribution in [0.15, 0.2) is 150 Å². The standard InChI is InChI=1S/C58H47BN2O/c1-56(2,3)32-20-22-33(23-21-32)60-49-30-47-39(34-14-8-11-17-44(34)58(47,6)7)26-41(49)37-24-25-38-42-27-43-36-16-10-13-19-52(36)62-53(43)31-50(42)61-51-28-40-35-15-9-12-18-45(35)57(4,5)46(40)29-48(51)59-54(37)55(38)61/h8-31,59-60H,1-7H3. The Hall–Kier alpha value is -6.78. The molecule has 3 nitrogen and oxygen atoms in total. The molecule has 2 aliphatic carbocycles. The third-order valence-electron chi connectivity index (χ3n) is 15.0. The molecular weight excluding hydrogens is 751 g/mol. The minimum Gasteiger partial charge on any atom is -0.456 e. The van der Waals surface area contributed by atoms with Crippen molar-refractivity contribution in [2.45, 2.75) is 64.7 Å². The normalized spacial score (nSPS) is 15.1. The Morgan fingerprint density at radius 2 is 1.18 bits per heavy atom. The van der Waals surface area contributed by atoms with Crippen LogP contribution in [0.2, 0.25) is 0 Å². The van der Waals surface area contributed by atoms with Crippen LogP contribution in [-0.2, 0) is 16.2 Å². The van der Waals surface area contributed by atoms with Crippen molar-refractivity contribution in [3.8, 4) is 39.1 Å². The number of para-hydroxylation sites is 1. The Morgan fingerprint density at radius 3 is 1.90 bits per heavy atom. The zero-order valence-electron chi connectivity index (χ0n) is 36.4. The van der Waals surface area contributed by atoms with Gasteiger partial charge in [-0.25, -0.2) is 0 Å². The summed E-state index contributed by atoms with van der Waals surface area (Å²) >= 11 is 0. The second kappa shape index (κ2) is 12.0. The first kappa shape index (κ1) is 35.9. The third kappa shape index (κ3) is 4.73. The molecule has 0 unspecified atom stereocenters. The first-order valence-electron chi connectivity index (χ1n) is 22.2. The minimum absolute atomic E-state index is 0.0770. The van der Waals surface area contributed by atoms with Crippen molar-refractivity contribution in [2.24, 2.45) is 0 Å². The Morgan fingerprint density at radius 1 is 0.516 bits per heavy atom. The summed E-state index contributed by atoms with van der Waals surface area (Å²) in [4.78, 5) is 0. The van der Waals surface area contributed by atoms with Gasteiger partial charge in [0.2, 0.25) is 0 Å². The van der Waals surface area contributed by atoms with Crippen LogP contribution < -0.4 is 16.2 Å². The highest BCUT2D eigenvalue weighted by molar-refractivity contribution is 6.73. The number of nitrogens with zero attached hydrogens (tertiary/aromatic N) is 1. The molecule has 0 fully saturated rings. The molecule has 3 aliphatic rings. The first-order chi connectivity index (χ1) is 29.9. The number of nitrogens with one attached hydrogen (secondary N) is 1. The van der Waals surface area contributed by atoms with Crippen LogP contribution in [0.5, 0.6) is 0 Å². The average molecular weight is 799 g/mol. The summed E-state index contributed by atoms with van der Waals surface area (Å²) in [7, 11) is 0.829. The van der Waals surface area contributed by atoms with Crippen molar-refractivity contribution >= 4 is 73.3 Å². The van der Waals surface area contributed by atoms with Crippen molar-refractivity contribution in [1.82, 2.24) is 4.57 Å². The van der Waals surface area contributed by atoms with E-state index in [0.29, 0.717) is 0 Å². The molecular formula is C58H47BN2O. The Kier molecular flexibility index (Phi) is 6.94. The molecule has 0 saturated heterocycles. The molecule has 1 aliphatic heterocycles. The number of aromatic nitrogens is 1. The van der Waals surface area contributed by atoms with Crippen LogP contribution in [0.3, 0.4) is 0 Å². The van der Waals surface area contributed by atoms with Crippen molar-refractivity contribution in [1.29, 1.82) is 0 Å². The summed E-state index contributed by atoms with van der Waals surface area (Å²) in [6, 6.07) is 55.0. The lowest BCUT2D eigenvalue weighted by molar-refractivity contribution is 0.590. The molecule has 10 aromatic rings. The molecule has 0 spiro atoms. The summed E-state index contributed by atoms with van der Waals surface area (Å²) in [6.07, 6.45) is 0. The van der Waals surface area contributed by atoms with Gasteiger partial charge in [-0.05, 0) is 109 Å².